The molecule has 0 bridgehead atoms. The zero-order valence-electron chi connectivity index (χ0n) is 10.9. The van der Waals surface area contributed by atoms with Gasteiger partial charge in [-0.1, -0.05) is 6.07 Å². The number of carbonyl (C=O) groups is 1. The second kappa shape index (κ2) is 4.81. The fourth-order valence-electron chi connectivity index (χ4n) is 3.06. The van der Waals surface area contributed by atoms with Gasteiger partial charge in [0.15, 0.2) is 0 Å². The average molecular weight is 264 g/mol. The van der Waals surface area contributed by atoms with Crippen molar-refractivity contribution < 1.29 is 13.9 Å². The Hall–Kier alpha value is -1.62. The van der Waals surface area contributed by atoms with Crippen molar-refractivity contribution in [1.29, 1.82) is 0 Å². The van der Waals surface area contributed by atoms with Crippen LogP contribution in [0.2, 0.25) is 0 Å². The average Bonchev–Trinajstić information content (AvgIpc) is 2.98. The molecule has 5 heteroatoms. The van der Waals surface area contributed by atoms with Gasteiger partial charge in [0, 0.05) is 19.1 Å². The van der Waals surface area contributed by atoms with Crippen LogP contribution in [0.4, 0.5) is 4.39 Å². The van der Waals surface area contributed by atoms with E-state index >= 15 is 0 Å². The molecular formula is C14H17FN2O2. The van der Waals surface area contributed by atoms with Crippen LogP contribution in [0, 0.1) is 11.7 Å². The first-order valence-corrected chi connectivity index (χ1v) is 6.56. The van der Waals surface area contributed by atoms with Crippen molar-refractivity contribution in [1.82, 2.24) is 10.2 Å². The van der Waals surface area contributed by atoms with Crippen LogP contribution in [0.15, 0.2) is 18.2 Å². The van der Waals surface area contributed by atoms with E-state index in [1.165, 1.54) is 13.2 Å². The van der Waals surface area contributed by atoms with Crippen molar-refractivity contribution in [3.8, 4) is 5.75 Å². The zero-order valence-corrected chi connectivity index (χ0v) is 10.9. The molecule has 0 spiro atoms. The highest BCUT2D eigenvalue weighted by molar-refractivity contribution is 5.97. The monoisotopic (exact) mass is 264 g/mol. The van der Waals surface area contributed by atoms with Gasteiger partial charge < -0.3 is 15.0 Å². The van der Waals surface area contributed by atoms with E-state index in [0.717, 1.165) is 13.0 Å². The fourth-order valence-corrected chi connectivity index (χ4v) is 3.06. The van der Waals surface area contributed by atoms with Crippen molar-refractivity contribution >= 4 is 5.91 Å². The topological polar surface area (TPSA) is 41.6 Å². The molecule has 2 fully saturated rings. The van der Waals surface area contributed by atoms with E-state index in [2.05, 4.69) is 5.32 Å². The number of ether oxygens (including phenoxy) is 1. The summed E-state index contributed by atoms with van der Waals surface area (Å²) in [6, 6.07) is 4.82. The number of likely N-dealkylation sites (tertiary alicyclic amines) is 1. The summed E-state index contributed by atoms with van der Waals surface area (Å²) in [5.74, 6) is 0.0113. The van der Waals surface area contributed by atoms with Crippen molar-refractivity contribution in [3.05, 3.63) is 29.6 Å². The molecule has 0 aliphatic carbocycles. The molecule has 1 N–H and O–H groups in total. The predicted molar refractivity (Wildman–Crippen MR) is 68.8 cm³/mol. The molecule has 2 aliphatic rings. The lowest BCUT2D eigenvalue weighted by molar-refractivity contribution is 0.0774. The molecule has 0 aromatic heterocycles. The van der Waals surface area contributed by atoms with E-state index in [1.54, 1.807) is 17.0 Å². The van der Waals surface area contributed by atoms with E-state index < -0.39 is 5.82 Å². The Bertz CT molecular complexity index is 494. The number of benzene rings is 1. The highest BCUT2D eigenvalue weighted by Gasteiger charge is 2.39. The van der Waals surface area contributed by atoms with Crippen LogP contribution in [-0.4, -0.2) is 43.6 Å². The molecule has 0 radical (unpaired) electrons. The van der Waals surface area contributed by atoms with Crippen molar-refractivity contribution in [2.24, 2.45) is 5.92 Å². The Balaban J connectivity index is 1.85. The first kappa shape index (κ1) is 12.4. The molecule has 0 saturated carbocycles. The van der Waals surface area contributed by atoms with Gasteiger partial charge in [-0.05, 0) is 31.0 Å². The lowest BCUT2D eigenvalue weighted by atomic mass is 10.1. The predicted octanol–water partition coefficient (Wildman–Crippen LogP) is 1.27. The summed E-state index contributed by atoms with van der Waals surface area (Å²) in [5, 5.41) is 3.38. The number of amides is 1. The third-order valence-corrected chi connectivity index (χ3v) is 4.06. The van der Waals surface area contributed by atoms with Crippen molar-refractivity contribution in [3.63, 3.8) is 0 Å². The summed E-state index contributed by atoms with van der Waals surface area (Å²) in [6.45, 7) is 2.37. The number of rotatable bonds is 2. The molecule has 2 aliphatic heterocycles. The Labute approximate surface area is 111 Å². The molecule has 19 heavy (non-hydrogen) atoms. The quantitative estimate of drug-likeness (QED) is 0.874. The highest BCUT2D eigenvalue weighted by Crippen LogP contribution is 2.29. The second-order valence-electron chi connectivity index (χ2n) is 5.14. The molecule has 4 nitrogen and oxygen atoms in total. The molecule has 1 aromatic carbocycles. The minimum atomic E-state index is -0.519. The van der Waals surface area contributed by atoms with E-state index in [0.29, 0.717) is 30.8 Å². The van der Waals surface area contributed by atoms with Gasteiger partial charge in [0.05, 0.1) is 7.11 Å². The fraction of sp³-hybridized carbons (Fsp3) is 0.500. The standard InChI is InChI=1S/C14H17FN2O2/c1-19-12-4-2-3-10(15)13(12)14(18)17-7-9-5-6-16-11(9)8-17/h2-4,9,11,16H,5-8H2,1H3/t9-,11+/m0/s1. The van der Waals surface area contributed by atoms with Gasteiger partial charge in [-0.15, -0.1) is 0 Å². The Morgan fingerprint density at radius 2 is 2.32 bits per heavy atom. The third-order valence-electron chi connectivity index (χ3n) is 4.06. The molecular weight excluding hydrogens is 247 g/mol. The van der Waals surface area contributed by atoms with Crippen LogP contribution >= 0.6 is 0 Å². The van der Waals surface area contributed by atoms with Crippen LogP contribution in [0.5, 0.6) is 5.75 Å². The summed E-state index contributed by atoms with van der Waals surface area (Å²) in [5.41, 5.74) is 0.0463. The van der Waals surface area contributed by atoms with Crippen LogP contribution in [0.25, 0.3) is 0 Å². The van der Waals surface area contributed by atoms with E-state index in [1.807, 2.05) is 0 Å². The number of carbonyl (C=O) groups excluding carboxylic acids is 1. The maximum absolute atomic E-state index is 13.9. The Kier molecular flexibility index (Phi) is 3.14. The number of methoxy groups -OCH3 is 1. The van der Waals surface area contributed by atoms with E-state index in [9.17, 15) is 9.18 Å². The molecule has 1 amide bonds. The van der Waals surface area contributed by atoms with Gasteiger partial charge in [-0.2, -0.15) is 0 Å². The Morgan fingerprint density at radius 1 is 1.47 bits per heavy atom. The SMILES string of the molecule is COc1cccc(F)c1C(=O)N1C[C@@H]2CCN[C@@H]2C1. The molecule has 2 saturated heterocycles. The summed E-state index contributed by atoms with van der Waals surface area (Å²) in [6.07, 6.45) is 1.09. The summed E-state index contributed by atoms with van der Waals surface area (Å²) >= 11 is 0. The van der Waals surface area contributed by atoms with Gasteiger partial charge in [-0.3, -0.25) is 4.79 Å². The Morgan fingerprint density at radius 3 is 3.05 bits per heavy atom. The zero-order chi connectivity index (χ0) is 13.4. The van der Waals surface area contributed by atoms with Gasteiger partial charge in [-0.25, -0.2) is 4.39 Å². The summed E-state index contributed by atoms with van der Waals surface area (Å²) in [4.78, 5) is 14.2. The molecule has 2 atom stereocenters. The minimum Gasteiger partial charge on any atom is -0.496 e. The van der Waals surface area contributed by atoms with Crippen molar-refractivity contribution in [2.45, 2.75) is 12.5 Å². The largest absolute Gasteiger partial charge is 0.496 e. The smallest absolute Gasteiger partial charge is 0.260 e. The van der Waals surface area contributed by atoms with Gasteiger partial charge in [0.1, 0.15) is 17.1 Å². The maximum atomic E-state index is 13.9. The highest BCUT2D eigenvalue weighted by atomic mass is 19.1. The number of fused-ring (bicyclic) bond motifs is 1. The number of hydrogen-bond acceptors (Lipinski definition) is 3. The van der Waals surface area contributed by atoms with E-state index in [-0.39, 0.29) is 11.5 Å². The summed E-state index contributed by atoms with van der Waals surface area (Å²) in [7, 11) is 1.45. The van der Waals surface area contributed by atoms with Crippen LogP contribution in [-0.2, 0) is 0 Å². The summed E-state index contributed by atoms with van der Waals surface area (Å²) < 4.78 is 19.0. The minimum absolute atomic E-state index is 0.0463. The lowest BCUT2D eigenvalue weighted by Gasteiger charge is -2.19. The molecule has 102 valence electrons. The van der Waals surface area contributed by atoms with Crippen LogP contribution < -0.4 is 10.1 Å². The first-order valence-electron chi connectivity index (χ1n) is 6.56. The van der Waals surface area contributed by atoms with Gasteiger partial charge in [0.2, 0.25) is 0 Å². The third kappa shape index (κ3) is 2.08. The van der Waals surface area contributed by atoms with Crippen LogP contribution in [0.1, 0.15) is 16.8 Å². The molecule has 1 aromatic rings. The number of nitrogens with zero attached hydrogens (tertiary/aromatic N) is 1. The van der Waals surface area contributed by atoms with Crippen LogP contribution in [0.3, 0.4) is 0 Å². The molecule has 2 heterocycles. The normalized spacial score (nSPS) is 25.5. The van der Waals surface area contributed by atoms with Gasteiger partial charge >= 0.3 is 0 Å². The first-order chi connectivity index (χ1) is 9.20. The lowest BCUT2D eigenvalue weighted by Crippen LogP contribution is -2.34. The van der Waals surface area contributed by atoms with Crippen molar-refractivity contribution in [2.75, 3.05) is 26.7 Å². The molecule has 0 unspecified atom stereocenters. The number of hydrogen-bond donors (Lipinski definition) is 1. The maximum Gasteiger partial charge on any atom is 0.260 e. The number of halogens is 1. The molecule has 3 rings (SSSR count). The van der Waals surface area contributed by atoms with E-state index in [4.69, 9.17) is 4.74 Å². The number of nitrogens with one attached hydrogen (secondary N) is 1. The second-order valence-corrected chi connectivity index (χ2v) is 5.14. The van der Waals surface area contributed by atoms with Gasteiger partial charge in [0.25, 0.3) is 5.91 Å².